The predicted molar refractivity (Wildman–Crippen MR) is 73.2 cm³/mol. The summed E-state index contributed by atoms with van der Waals surface area (Å²) in [7, 11) is 2.87. The number of carbonyl (C=O) groups excluding carboxylic acids is 2. The molecule has 0 amide bonds. The molecule has 0 N–H and O–H groups in total. The van der Waals surface area contributed by atoms with Crippen LogP contribution in [-0.4, -0.2) is 32.0 Å². The minimum Gasteiger partial charge on any atom is -0.493 e. The molecule has 4 nitrogen and oxygen atoms in total. The quantitative estimate of drug-likeness (QED) is 0.615. The topological polar surface area (TPSA) is 52.6 Å². The lowest BCUT2D eigenvalue weighted by Crippen LogP contribution is -2.35. The van der Waals surface area contributed by atoms with E-state index < -0.39 is 23.2 Å². The van der Waals surface area contributed by atoms with E-state index in [1.54, 1.807) is 20.8 Å². The van der Waals surface area contributed by atoms with E-state index in [4.69, 9.17) is 9.47 Å². The molecule has 0 aliphatic rings. The Labute approximate surface area is 117 Å². The summed E-state index contributed by atoms with van der Waals surface area (Å²) in [6.07, 6.45) is -2.17. The number of ether oxygens (including phenoxy) is 2. The third kappa shape index (κ3) is 3.35. The molecule has 5 heteroatoms. The Morgan fingerprint density at radius 2 is 1.65 bits per heavy atom. The lowest BCUT2D eigenvalue weighted by Gasteiger charge is -2.19. The van der Waals surface area contributed by atoms with Crippen molar-refractivity contribution in [1.82, 2.24) is 0 Å². The van der Waals surface area contributed by atoms with Crippen molar-refractivity contribution in [2.45, 2.75) is 26.9 Å². The molecule has 0 bridgehead atoms. The summed E-state index contributed by atoms with van der Waals surface area (Å²) >= 11 is 0. The highest BCUT2D eigenvalue weighted by molar-refractivity contribution is 6.14. The van der Waals surface area contributed by atoms with Crippen molar-refractivity contribution in [3.63, 3.8) is 0 Å². The number of benzene rings is 1. The average molecular weight is 282 g/mol. The fourth-order valence-electron chi connectivity index (χ4n) is 1.64. The number of Topliss-reactive ketones (excluding diaryl/α,β-unsaturated/α-hetero) is 2. The van der Waals surface area contributed by atoms with E-state index in [0.29, 0.717) is 11.5 Å². The van der Waals surface area contributed by atoms with Crippen LogP contribution >= 0.6 is 0 Å². The minimum atomic E-state index is -2.17. The second kappa shape index (κ2) is 6.03. The van der Waals surface area contributed by atoms with Crippen LogP contribution in [0.2, 0.25) is 0 Å². The SMILES string of the molecule is COc1ccc(C(=O)C(F)C(=O)C(C)(C)C)cc1OC. The molecule has 0 aromatic heterocycles. The van der Waals surface area contributed by atoms with Crippen LogP contribution in [0, 0.1) is 5.41 Å². The number of hydrogen-bond acceptors (Lipinski definition) is 4. The third-order valence-corrected chi connectivity index (χ3v) is 2.87. The molecule has 0 spiro atoms. The molecule has 1 unspecified atom stereocenters. The van der Waals surface area contributed by atoms with E-state index in [1.165, 1.54) is 32.4 Å². The molecule has 1 aromatic carbocycles. The summed E-state index contributed by atoms with van der Waals surface area (Å²) in [6, 6.07) is 4.27. The van der Waals surface area contributed by atoms with Gasteiger partial charge in [0, 0.05) is 11.0 Å². The zero-order valence-electron chi connectivity index (χ0n) is 12.3. The molecule has 0 aliphatic heterocycles. The Morgan fingerprint density at radius 3 is 2.10 bits per heavy atom. The second-order valence-electron chi connectivity index (χ2n) is 5.41. The van der Waals surface area contributed by atoms with Crippen molar-refractivity contribution in [3.8, 4) is 11.5 Å². The summed E-state index contributed by atoms with van der Waals surface area (Å²) in [5.41, 5.74) is -0.834. The lowest BCUT2D eigenvalue weighted by molar-refractivity contribution is -0.129. The Hall–Kier alpha value is -1.91. The maximum Gasteiger partial charge on any atom is 0.221 e. The van der Waals surface area contributed by atoms with E-state index >= 15 is 0 Å². The normalized spacial score (nSPS) is 12.7. The molecule has 0 aliphatic carbocycles. The van der Waals surface area contributed by atoms with E-state index in [-0.39, 0.29) is 5.56 Å². The standard InChI is InChI=1S/C15H19FO4/c1-15(2,3)14(18)12(16)13(17)9-6-7-10(19-4)11(8-9)20-5/h6-8,12H,1-5H3. The van der Waals surface area contributed by atoms with Gasteiger partial charge in [0.25, 0.3) is 0 Å². The van der Waals surface area contributed by atoms with Gasteiger partial charge in [-0.2, -0.15) is 0 Å². The summed E-state index contributed by atoms with van der Waals surface area (Å²) < 4.78 is 24.1. The number of ketones is 2. The van der Waals surface area contributed by atoms with Crippen LogP contribution in [0.1, 0.15) is 31.1 Å². The Bertz CT molecular complexity index is 517. The molecular formula is C15H19FO4. The van der Waals surface area contributed by atoms with E-state index in [1.807, 2.05) is 0 Å². The van der Waals surface area contributed by atoms with Crippen LogP contribution in [0.25, 0.3) is 0 Å². The zero-order chi connectivity index (χ0) is 15.5. The van der Waals surface area contributed by atoms with Crippen LogP contribution in [0.15, 0.2) is 18.2 Å². The first kappa shape index (κ1) is 16.1. The van der Waals surface area contributed by atoms with Crippen molar-refractivity contribution in [2.24, 2.45) is 5.41 Å². The Morgan fingerprint density at radius 1 is 1.10 bits per heavy atom. The average Bonchev–Trinajstić information content (AvgIpc) is 2.42. The first-order valence-corrected chi connectivity index (χ1v) is 6.17. The molecule has 20 heavy (non-hydrogen) atoms. The molecule has 1 atom stereocenters. The zero-order valence-corrected chi connectivity index (χ0v) is 12.3. The van der Waals surface area contributed by atoms with Crippen molar-refractivity contribution in [1.29, 1.82) is 0 Å². The highest BCUT2D eigenvalue weighted by Crippen LogP contribution is 2.29. The molecule has 0 fully saturated rings. The number of rotatable bonds is 5. The van der Waals surface area contributed by atoms with Gasteiger partial charge in [0.2, 0.25) is 12.0 Å². The van der Waals surface area contributed by atoms with Crippen molar-refractivity contribution >= 4 is 11.6 Å². The fourth-order valence-corrected chi connectivity index (χ4v) is 1.64. The monoisotopic (exact) mass is 282 g/mol. The summed E-state index contributed by atoms with van der Waals surface area (Å²) in [5, 5.41) is 0. The number of halogens is 1. The second-order valence-corrected chi connectivity index (χ2v) is 5.41. The molecular weight excluding hydrogens is 263 g/mol. The van der Waals surface area contributed by atoms with Gasteiger partial charge in [0.15, 0.2) is 17.3 Å². The molecule has 1 rings (SSSR count). The van der Waals surface area contributed by atoms with Gasteiger partial charge in [-0.15, -0.1) is 0 Å². The van der Waals surface area contributed by atoms with Gasteiger partial charge in [-0.3, -0.25) is 9.59 Å². The third-order valence-electron chi connectivity index (χ3n) is 2.87. The molecule has 110 valence electrons. The van der Waals surface area contributed by atoms with Gasteiger partial charge in [0.05, 0.1) is 14.2 Å². The maximum absolute atomic E-state index is 14.0. The summed E-state index contributed by atoms with van der Waals surface area (Å²) in [5.74, 6) is -0.862. The van der Waals surface area contributed by atoms with Crippen molar-refractivity contribution in [3.05, 3.63) is 23.8 Å². The van der Waals surface area contributed by atoms with Crippen molar-refractivity contribution in [2.75, 3.05) is 14.2 Å². The number of hydrogen-bond donors (Lipinski definition) is 0. The summed E-state index contributed by atoms with van der Waals surface area (Å²) in [6.45, 7) is 4.72. The van der Waals surface area contributed by atoms with Crippen molar-refractivity contribution < 1.29 is 23.5 Å². The maximum atomic E-state index is 14.0. The van der Waals surface area contributed by atoms with Gasteiger partial charge in [0.1, 0.15) is 0 Å². The molecule has 0 radical (unpaired) electrons. The van der Waals surface area contributed by atoms with E-state index in [9.17, 15) is 14.0 Å². The van der Waals surface area contributed by atoms with Gasteiger partial charge in [-0.05, 0) is 18.2 Å². The predicted octanol–water partition coefficient (Wildman–Crippen LogP) is 2.84. The number of alkyl halides is 1. The minimum absolute atomic E-state index is 0.0766. The van der Waals surface area contributed by atoms with Gasteiger partial charge in [-0.1, -0.05) is 20.8 Å². The molecule has 0 saturated carbocycles. The first-order chi connectivity index (χ1) is 9.22. The fraction of sp³-hybridized carbons (Fsp3) is 0.467. The number of methoxy groups -OCH3 is 2. The van der Waals surface area contributed by atoms with Crippen LogP contribution in [0.5, 0.6) is 11.5 Å². The van der Waals surface area contributed by atoms with Gasteiger partial charge >= 0.3 is 0 Å². The highest BCUT2D eigenvalue weighted by atomic mass is 19.1. The van der Waals surface area contributed by atoms with Crippen LogP contribution < -0.4 is 9.47 Å². The molecule has 0 saturated heterocycles. The lowest BCUT2D eigenvalue weighted by atomic mass is 9.86. The summed E-state index contributed by atoms with van der Waals surface area (Å²) in [4.78, 5) is 23.8. The van der Waals surface area contributed by atoms with Gasteiger partial charge < -0.3 is 9.47 Å². The highest BCUT2D eigenvalue weighted by Gasteiger charge is 2.35. The van der Waals surface area contributed by atoms with Crippen LogP contribution in [0.3, 0.4) is 0 Å². The Balaban J connectivity index is 3.07. The van der Waals surface area contributed by atoms with E-state index in [0.717, 1.165) is 0 Å². The van der Waals surface area contributed by atoms with Crippen LogP contribution in [-0.2, 0) is 4.79 Å². The molecule has 1 aromatic rings. The Kier molecular flexibility index (Phi) is 4.87. The number of carbonyl (C=O) groups is 2. The largest absolute Gasteiger partial charge is 0.493 e. The van der Waals surface area contributed by atoms with E-state index in [2.05, 4.69) is 0 Å². The smallest absolute Gasteiger partial charge is 0.221 e. The first-order valence-electron chi connectivity index (χ1n) is 6.17. The van der Waals surface area contributed by atoms with Gasteiger partial charge in [-0.25, -0.2) is 4.39 Å². The molecule has 0 heterocycles. The van der Waals surface area contributed by atoms with Crippen LogP contribution in [0.4, 0.5) is 4.39 Å².